The maximum absolute atomic E-state index is 10.00. The molecule has 0 aromatic carbocycles. The molecule has 136 valence electrons. The molecule has 2 aliphatic heterocycles. The topological polar surface area (TPSA) is 190 Å². The fraction of sp³-hybridized carbons (Fsp3) is 1.00. The number of aliphatic hydroxyl groups excluding tert-OH is 8. The highest BCUT2D eigenvalue weighted by Crippen LogP contribution is 2.36. The van der Waals surface area contributed by atoms with Crippen molar-refractivity contribution >= 4 is 0 Å². The van der Waals surface area contributed by atoms with Gasteiger partial charge in [0.2, 0.25) is 5.79 Å². The van der Waals surface area contributed by atoms with Crippen molar-refractivity contribution in [3.05, 3.63) is 0 Å². The summed E-state index contributed by atoms with van der Waals surface area (Å²) in [7, 11) is 0. The first-order chi connectivity index (χ1) is 10.8. The van der Waals surface area contributed by atoms with E-state index in [2.05, 4.69) is 0 Å². The first kappa shape index (κ1) is 18.9. The van der Waals surface area contributed by atoms with Gasteiger partial charge in [0.15, 0.2) is 6.29 Å². The van der Waals surface area contributed by atoms with Gasteiger partial charge < -0.3 is 55.1 Å². The number of hydrogen-bond acceptors (Lipinski definition) is 11. The SMILES string of the molecule is OC[C@H]1O[C@@](CO)(O[C@@H]2[C@@H](O)[C@H](O)[C@@H](CO)O[C@@H]2O)[C@@H](O)[C@@H]1O. The predicted molar refractivity (Wildman–Crippen MR) is 68.6 cm³/mol. The van der Waals surface area contributed by atoms with Gasteiger partial charge in [-0.2, -0.15) is 0 Å². The molecule has 0 saturated carbocycles. The Labute approximate surface area is 130 Å². The normalized spacial score (nSPS) is 51.1. The third-order valence-electron chi connectivity index (χ3n) is 4.08. The average Bonchev–Trinajstić information content (AvgIpc) is 2.80. The fourth-order valence-electron chi connectivity index (χ4n) is 2.70. The van der Waals surface area contributed by atoms with E-state index in [1.807, 2.05) is 0 Å². The van der Waals surface area contributed by atoms with Crippen LogP contribution in [0.15, 0.2) is 0 Å². The molecule has 0 radical (unpaired) electrons. The van der Waals surface area contributed by atoms with Crippen LogP contribution in [-0.2, 0) is 14.2 Å². The van der Waals surface area contributed by atoms with Gasteiger partial charge in [0.05, 0.1) is 13.2 Å². The lowest BCUT2D eigenvalue weighted by Gasteiger charge is -2.43. The number of ether oxygens (including phenoxy) is 3. The van der Waals surface area contributed by atoms with Crippen molar-refractivity contribution in [2.24, 2.45) is 0 Å². The van der Waals surface area contributed by atoms with Gasteiger partial charge in [-0.15, -0.1) is 0 Å². The van der Waals surface area contributed by atoms with Crippen LogP contribution in [0.4, 0.5) is 0 Å². The second-order valence-corrected chi connectivity index (χ2v) is 5.56. The molecule has 2 fully saturated rings. The average molecular weight is 342 g/mol. The lowest BCUT2D eigenvalue weighted by molar-refractivity contribution is -0.366. The molecule has 2 rings (SSSR count). The molecule has 2 aliphatic rings. The first-order valence-corrected chi connectivity index (χ1v) is 7.05. The lowest BCUT2D eigenvalue weighted by Crippen LogP contribution is -2.63. The van der Waals surface area contributed by atoms with Crippen LogP contribution < -0.4 is 0 Å². The lowest BCUT2D eigenvalue weighted by atomic mass is 9.98. The van der Waals surface area contributed by atoms with E-state index in [1.54, 1.807) is 0 Å². The van der Waals surface area contributed by atoms with E-state index in [9.17, 15) is 30.6 Å². The largest absolute Gasteiger partial charge is 0.394 e. The molecule has 0 spiro atoms. The monoisotopic (exact) mass is 342 g/mol. The summed E-state index contributed by atoms with van der Waals surface area (Å²) >= 11 is 0. The summed E-state index contributed by atoms with van der Waals surface area (Å²) in [5, 5.41) is 76.9. The van der Waals surface area contributed by atoms with E-state index < -0.39 is 74.6 Å². The van der Waals surface area contributed by atoms with Crippen LogP contribution in [0.3, 0.4) is 0 Å². The van der Waals surface area contributed by atoms with Gasteiger partial charge in [0.25, 0.3) is 0 Å². The predicted octanol–water partition coefficient (Wildman–Crippen LogP) is -5.40. The molecule has 0 bridgehead atoms. The molecule has 0 amide bonds. The Morgan fingerprint density at radius 2 is 1.43 bits per heavy atom. The highest BCUT2D eigenvalue weighted by atomic mass is 16.8. The summed E-state index contributed by atoms with van der Waals surface area (Å²) in [6.07, 6.45) is -12.7. The van der Waals surface area contributed by atoms with Crippen LogP contribution in [0.2, 0.25) is 0 Å². The molecule has 2 saturated heterocycles. The molecule has 0 aromatic rings. The number of rotatable bonds is 5. The summed E-state index contributed by atoms with van der Waals surface area (Å²) in [6.45, 7) is -2.32. The van der Waals surface area contributed by atoms with Crippen LogP contribution in [0.25, 0.3) is 0 Å². The van der Waals surface area contributed by atoms with Gasteiger partial charge in [-0.05, 0) is 0 Å². The van der Waals surface area contributed by atoms with E-state index in [4.69, 9.17) is 24.4 Å². The number of hydrogen-bond donors (Lipinski definition) is 8. The van der Waals surface area contributed by atoms with Crippen molar-refractivity contribution < 1.29 is 55.1 Å². The zero-order valence-electron chi connectivity index (χ0n) is 12.0. The van der Waals surface area contributed by atoms with E-state index in [-0.39, 0.29) is 0 Å². The molecule has 2 heterocycles. The Bertz CT molecular complexity index is 395. The van der Waals surface area contributed by atoms with E-state index in [1.165, 1.54) is 0 Å². The highest BCUT2D eigenvalue weighted by molar-refractivity contribution is 4.99. The van der Waals surface area contributed by atoms with Crippen LogP contribution in [0, 0.1) is 0 Å². The zero-order valence-corrected chi connectivity index (χ0v) is 12.0. The summed E-state index contributed by atoms with van der Waals surface area (Å²) < 4.78 is 15.2. The molecule has 11 nitrogen and oxygen atoms in total. The van der Waals surface area contributed by atoms with Gasteiger partial charge in [0.1, 0.15) is 49.3 Å². The van der Waals surface area contributed by atoms with Crippen molar-refractivity contribution in [2.45, 2.75) is 54.8 Å². The summed E-state index contributed by atoms with van der Waals surface area (Å²) in [4.78, 5) is 0. The van der Waals surface area contributed by atoms with Crippen molar-refractivity contribution in [1.29, 1.82) is 0 Å². The van der Waals surface area contributed by atoms with Gasteiger partial charge >= 0.3 is 0 Å². The van der Waals surface area contributed by atoms with Crippen LogP contribution in [0.1, 0.15) is 0 Å². The molecule has 11 heteroatoms. The second kappa shape index (κ2) is 7.21. The summed E-state index contributed by atoms with van der Waals surface area (Å²) in [5.41, 5.74) is 0. The zero-order chi connectivity index (χ0) is 17.4. The minimum absolute atomic E-state index is 0.669. The van der Waals surface area contributed by atoms with Gasteiger partial charge in [-0.3, -0.25) is 0 Å². The minimum Gasteiger partial charge on any atom is -0.394 e. The second-order valence-electron chi connectivity index (χ2n) is 5.56. The quantitative estimate of drug-likeness (QED) is 0.238. The Hall–Kier alpha value is -0.440. The Balaban J connectivity index is 2.18. The molecular formula is C12H22O11. The molecule has 23 heavy (non-hydrogen) atoms. The Kier molecular flexibility index (Phi) is 5.92. The highest BCUT2D eigenvalue weighted by Gasteiger charge is 2.58. The first-order valence-electron chi connectivity index (χ1n) is 7.05. The van der Waals surface area contributed by atoms with Crippen molar-refractivity contribution in [1.82, 2.24) is 0 Å². The third-order valence-corrected chi connectivity index (χ3v) is 4.08. The minimum atomic E-state index is -2.24. The van der Waals surface area contributed by atoms with Crippen molar-refractivity contribution in [2.75, 3.05) is 19.8 Å². The van der Waals surface area contributed by atoms with Crippen molar-refractivity contribution in [3.8, 4) is 0 Å². The van der Waals surface area contributed by atoms with Crippen LogP contribution in [-0.4, -0.2) is 115 Å². The van der Waals surface area contributed by atoms with Gasteiger partial charge in [0, 0.05) is 0 Å². The standard InChI is InChI=1S/C12H22O11/c13-1-4-6(16)8(18)9(11(20)21-4)23-12(3-15)10(19)7(17)5(2-14)22-12/h4-11,13-20H,1-3H2/t4-,5-,6-,7-,8+,9-,10+,11+,12+/m1/s1. The van der Waals surface area contributed by atoms with Crippen LogP contribution in [0.5, 0.6) is 0 Å². The molecule has 0 unspecified atom stereocenters. The van der Waals surface area contributed by atoms with Crippen LogP contribution >= 0.6 is 0 Å². The Morgan fingerprint density at radius 1 is 0.826 bits per heavy atom. The van der Waals surface area contributed by atoms with Crippen molar-refractivity contribution in [3.63, 3.8) is 0 Å². The third kappa shape index (κ3) is 3.23. The molecule has 0 aliphatic carbocycles. The van der Waals surface area contributed by atoms with E-state index in [0.717, 1.165) is 0 Å². The molecular weight excluding hydrogens is 320 g/mol. The fourth-order valence-corrected chi connectivity index (χ4v) is 2.70. The number of aliphatic hydroxyl groups is 8. The maximum atomic E-state index is 10.00. The smallest absolute Gasteiger partial charge is 0.222 e. The summed E-state index contributed by atoms with van der Waals surface area (Å²) in [5.74, 6) is -2.24. The van der Waals surface area contributed by atoms with Gasteiger partial charge in [-0.1, -0.05) is 0 Å². The molecule has 0 aromatic heterocycles. The summed E-state index contributed by atoms with van der Waals surface area (Å²) in [6, 6.07) is 0. The van der Waals surface area contributed by atoms with E-state index in [0.29, 0.717) is 0 Å². The van der Waals surface area contributed by atoms with E-state index >= 15 is 0 Å². The molecule has 9 atom stereocenters. The Morgan fingerprint density at radius 3 is 1.91 bits per heavy atom. The maximum Gasteiger partial charge on any atom is 0.222 e. The molecule has 8 N–H and O–H groups in total. The van der Waals surface area contributed by atoms with Gasteiger partial charge in [-0.25, -0.2) is 0 Å².